The highest BCUT2D eigenvalue weighted by atomic mass is 32.2. The Morgan fingerprint density at radius 2 is 1.75 bits per heavy atom. The van der Waals surface area contributed by atoms with Crippen molar-refractivity contribution in [2.75, 3.05) is 17.3 Å². The summed E-state index contributed by atoms with van der Waals surface area (Å²) >= 11 is 1.52. The summed E-state index contributed by atoms with van der Waals surface area (Å²) in [6.07, 6.45) is 3.74. The van der Waals surface area contributed by atoms with Crippen LogP contribution in [0, 0.1) is 0 Å². The number of carbonyl (C=O) groups excluding carboxylic acids is 2. The lowest BCUT2D eigenvalue weighted by atomic mass is 9.98. The standard InChI is InChI=1S/C24H23N3O4S/c1-32-14-12-21(24(30)31)27-22(28)18-11-10-17(15-19(18)16-7-3-2-4-8-16)26-23(29)20-9-5-6-13-25-20/h2-11,13,15,21H,12,14H2,1H3,(H,26,29)(H,27,28)(H,30,31)/t21-/m0/s1. The molecule has 2 aromatic carbocycles. The first-order valence-electron chi connectivity index (χ1n) is 9.94. The predicted molar refractivity (Wildman–Crippen MR) is 126 cm³/mol. The Labute approximate surface area is 190 Å². The minimum atomic E-state index is -1.08. The number of benzene rings is 2. The molecule has 0 fully saturated rings. The number of carboxylic acid groups (broad SMARTS) is 1. The van der Waals surface area contributed by atoms with Gasteiger partial charge in [-0.15, -0.1) is 0 Å². The maximum atomic E-state index is 13.0. The van der Waals surface area contributed by atoms with E-state index in [9.17, 15) is 19.5 Å². The van der Waals surface area contributed by atoms with Gasteiger partial charge in [0.25, 0.3) is 11.8 Å². The van der Waals surface area contributed by atoms with E-state index in [-0.39, 0.29) is 11.6 Å². The second-order valence-corrected chi connectivity index (χ2v) is 7.93. The summed E-state index contributed by atoms with van der Waals surface area (Å²) < 4.78 is 0. The summed E-state index contributed by atoms with van der Waals surface area (Å²) in [5, 5.41) is 14.9. The zero-order valence-corrected chi connectivity index (χ0v) is 18.3. The molecule has 8 heteroatoms. The van der Waals surface area contributed by atoms with Gasteiger partial charge in [-0.3, -0.25) is 14.6 Å². The van der Waals surface area contributed by atoms with Crippen molar-refractivity contribution >= 4 is 35.2 Å². The van der Waals surface area contributed by atoms with Gasteiger partial charge in [-0.25, -0.2) is 4.79 Å². The number of pyridine rings is 1. The first kappa shape index (κ1) is 23.0. The summed E-state index contributed by atoms with van der Waals surface area (Å²) in [7, 11) is 0. The first-order chi connectivity index (χ1) is 15.5. The number of aliphatic carboxylic acids is 1. The summed E-state index contributed by atoms with van der Waals surface area (Å²) in [5.74, 6) is -1.32. The monoisotopic (exact) mass is 449 g/mol. The number of nitrogens with one attached hydrogen (secondary N) is 2. The molecule has 32 heavy (non-hydrogen) atoms. The van der Waals surface area contributed by atoms with Gasteiger partial charge in [0.2, 0.25) is 0 Å². The van der Waals surface area contributed by atoms with E-state index >= 15 is 0 Å². The summed E-state index contributed by atoms with van der Waals surface area (Å²) in [4.78, 5) is 41.1. The third-order valence-electron chi connectivity index (χ3n) is 4.72. The number of aromatic nitrogens is 1. The van der Waals surface area contributed by atoms with Crippen LogP contribution < -0.4 is 10.6 Å². The number of anilines is 1. The lowest BCUT2D eigenvalue weighted by Crippen LogP contribution is -2.41. The molecule has 3 N–H and O–H groups in total. The number of carbonyl (C=O) groups is 3. The Morgan fingerprint density at radius 3 is 2.41 bits per heavy atom. The predicted octanol–water partition coefficient (Wildman–Crippen LogP) is 3.94. The van der Waals surface area contributed by atoms with Crippen LogP contribution in [0.5, 0.6) is 0 Å². The Kier molecular flexibility index (Phi) is 7.99. The molecule has 0 saturated carbocycles. The van der Waals surface area contributed by atoms with E-state index in [1.165, 1.54) is 18.0 Å². The SMILES string of the molecule is CSCC[C@H](NC(=O)c1ccc(NC(=O)c2ccccn2)cc1-c1ccccc1)C(=O)O. The number of rotatable bonds is 9. The molecule has 0 aliphatic heterocycles. The maximum Gasteiger partial charge on any atom is 0.326 e. The first-order valence-corrected chi connectivity index (χ1v) is 11.3. The molecule has 7 nitrogen and oxygen atoms in total. The number of hydrogen-bond donors (Lipinski definition) is 3. The largest absolute Gasteiger partial charge is 0.480 e. The number of amides is 2. The highest BCUT2D eigenvalue weighted by molar-refractivity contribution is 7.98. The van der Waals surface area contributed by atoms with E-state index in [2.05, 4.69) is 15.6 Å². The second kappa shape index (κ2) is 11.1. The van der Waals surface area contributed by atoms with Crippen LogP contribution in [0.2, 0.25) is 0 Å². The molecule has 1 heterocycles. The molecule has 0 spiro atoms. The van der Waals surface area contributed by atoms with E-state index in [1.54, 1.807) is 36.4 Å². The maximum absolute atomic E-state index is 13.0. The van der Waals surface area contributed by atoms with E-state index in [0.717, 1.165) is 5.56 Å². The van der Waals surface area contributed by atoms with E-state index in [1.807, 2.05) is 36.6 Å². The van der Waals surface area contributed by atoms with Crippen molar-refractivity contribution in [1.29, 1.82) is 0 Å². The van der Waals surface area contributed by atoms with Crippen LogP contribution in [0.15, 0.2) is 72.9 Å². The number of carboxylic acids is 1. The van der Waals surface area contributed by atoms with Crippen LogP contribution in [0.1, 0.15) is 27.3 Å². The van der Waals surface area contributed by atoms with E-state index < -0.39 is 17.9 Å². The van der Waals surface area contributed by atoms with Gasteiger partial charge in [-0.05, 0) is 59.9 Å². The lowest BCUT2D eigenvalue weighted by molar-refractivity contribution is -0.139. The molecular formula is C24H23N3O4S. The third-order valence-corrected chi connectivity index (χ3v) is 5.36. The van der Waals surface area contributed by atoms with Crippen molar-refractivity contribution in [1.82, 2.24) is 10.3 Å². The van der Waals surface area contributed by atoms with Crippen LogP contribution >= 0.6 is 11.8 Å². The topological polar surface area (TPSA) is 108 Å². The molecule has 0 aliphatic rings. The summed E-state index contributed by atoms with van der Waals surface area (Å²) in [6, 6.07) is 18.2. The number of nitrogens with zero attached hydrogens (tertiary/aromatic N) is 1. The van der Waals surface area contributed by atoms with Gasteiger partial charge >= 0.3 is 5.97 Å². The van der Waals surface area contributed by atoms with Crippen molar-refractivity contribution in [2.45, 2.75) is 12.5 Å². The van der Waals surface area contributed by atoms with Gasteiger partial charge < -0.3 is 15.7 Å². The van der Waals surface area contributed by atoms with Crippen molar-refractivity contribution in [2.24, 2.45) is 0 Å². The average Bonchev–Trinajstić information content (AvgIpc) is 2.82. The smallest absolute Gasteiger partial charge is 0.326 e. The molecule has 3 rings (SSSR count). The second-order valence-electron chi connectivity index (χ2n) is 6.94. The Morgan fingerprint density at radius 1 is 1.00 bits per heavy atom. The molecule has 2 amide bonds. The summed E-state index contributed by atoms with van der Waals surface area (Å²) in [5.41, 5.74) is 2.43. The van der Waals surface area contributed by atoms with Crippen LogP contribution in [0.3, 0.4) is 0 Å². The fourth-order valence-electron chi connectivity index (χ4n) is 3.10. The van der Waals surface area contributed by atoms with Crippen molar-refractivity contribution in [3.8, 4) is 11.1 Å². The quantitative estimate of drug-likeness (QED) is 0.457. The van der Waals surface area contributed by atoms with Crippen molar-refractivity contribution in [3.63, 3.8) is 0 Å². The van der Waals surface area contributed by atoms with Crippen LogP contribution in [0.4, 0.5) is 5.69 Å². The average molecular weight is 450 g/mol. The van der Waals surface area contributed by atoms with E-state index in [4.69, 9.17) is 0 Å². The molecule has 3 aromatic rings. The highest BCUT2D eigenvalue weighted by Gasteiger charge is 2.22. The van der Waals surface area contributed by atoms with Crippen molar-refractivity contribution in [3.05, 3.63) is 84.2 Å². The van der Waals surface area contributed by atoms with Gasteiger partial charge in [0.15, 0.2) is 0 Å². The minimum Gasteiger partial charge on any atom is -0.480 e. The fourth-order valence-corrected chi connectivity index (χ4v) is 3.57. The molecule has 0 saturated heterocycles. The number of thioether (sulfide) groups is 1. The van der Waals surface area contributed by atoms with Gasteiger partial charge in [-0.2, -0.15) is 11.8 Å². The third kappa shape index (κ3) is 5.95. The molecule has 0 radical (unpaired) electrons. The van der Waals surface area contributed by atoms with Crippen molar-refractivity contribution < 1.29 is 19.5 Å². The zero-order valence-electron chi connectivity index (χ0n) is 17.4. The van der Waals surface area contributed by atoms with Crippen LogP contribution in [-0.2, 0) is 4.79 Å². The molecular weight excluding hydrogens is 426 g/mol. The van der Waals surface area contributed by atoms with Gasteiger partial charge in [-0.1, -0.05) is 36.4 Å². The lowest BCUT2D eigenvalue weighted by Gasteiger charge is -2.17. The fraction of sp³-hybridized carbons (Fsp3) is 0.167. The van der Waals surface area contributed by atoms with Gasteiger partial charge in [0.1, 0.15) is 11.7 Å². The molecule has 164 valence electrons. The highest BCUT2D eigenvalue weighted by Crippen LogP contribution is 2.27. The summed E-state index contributed by atoms with van der Waals surface area (Å²) in [6.45, 7) is 0. The molecule has 1 aromatic heterocycles. The Bertz CT molecular complexity index is 1090. The van der Waals surface area contributed by atoms with Gasteiger partial charge in [0.05, 0.1) is 0 Å². The zero-order chi connectivity index (χ0) is 22.9. The van der Waals surface area contributed by atoms with Crippen LogP contribution in [0.25, 0.3) is 11.1 Å². The molecule has 0 aliphatic carbocycles. The van der Waals surface area contributed by atoms with E-state index in [0.29, 0.717) is 29.0 Å². The van der Waals surface area contributed by atoms with Gasteiger partial charge in [0, 0.05) is 17.4 Å². The molecule has 0 unspecified atom stereocenters. The van der Waals surface area contributed by atoms with Crippen LogP contribution in [-0.4, -0.2) is 45.9 Å². The normalized spacial score (nSPS) is 11.4. The number of hydrogen-bond acceptors (Lipinski definition) is 5. The molecule has 0 bridgehead atoms. The minimum absolute atomic E-state index is 0.272. The Balaban J connectivity index is 1.91. The molecule has 1 atom stereocenters. The Hall–Kier alpha value is -3.65.